The molecule has 2 aromatic rings. The molecule has 1 fully saturated rings. The summed E-state index contributed by atoms with van der Waals surface area (Å²) in [5.41, 5.74) is 1.61. The molecule has 2 aliphatic rings. The fraction of sp³-hybridized carbons (Fsp3) is 0.300. The average molecular weight is 449 g/mol. The van der Waals surface area contributed by atoms with Crippen LogP contribution in [0.4, 0.5) is 17.1 Å². The lowest BCUT2D eigenvalue weighted by Gasteiger charge is -2.35. The van der Waals surface area contributed by atoms with E-state index in [1.54, 1.807) is 6.07 Å². The Hall–Kier alpha value is -2.62. The summed E-state index contributed by atoms with van der Waals surface area (Å²) in [7, 11) is -3.75. The third kappa shape index (κ3) is 3.88. The maximum Gasteiger partial charge on any atom is 0.243 e. The zero-order chi connectivity index (χ0) is 21.5. The number of benzene rings is 2. The van der Waals surface area contributed by atoms with Gasteiger partial charge in [0.05, 0.1) is 16.3 Å². The van der Waals surface area contributed by atoms with Crippen LogP contribution in [-0.4, -0.2) is 50.7 Å². The number of carbonyl (C=O) groups excluding carboxylic acids is 2. The molecule has 1 saturated heterocycles. The van der Waals surface area contributed by atoms with Crippen LogP contribution in [0, 0.1) is 5.92 Å². The van der Waals surface area contributed by atoms with Gasteiger partial charge in [-0.2, -0.15) is 4.31 Å². The molecule has 2 aliphatic heterocycles. The molecule has 0 radical (unpaired) electrons. The Morgan fingerprint density at radius 1 is 0.933 bits per heavy atom. The van der Waals surface area contributed by atoms with Crippen LogP contribution in [0.15, 0.2) is 47.4 Å². The molecule has 0 saturated carbocycles. The summed E-state index contributed by atoms with van der Waals surface area (Å²) in [6.45, 7) is 3.22. The van der Waals surface area contributed by atoms with E-state index in [4.69, 9.17) is 11.6 Å². The van der Waals surface area contributed by atoms with Crippen LogP contribution in [0.1, 0.15) is 6.92 Å². The maximum absolute atomic E-state index is 13.2. The highest BCUT2D eigenvalue weighted by atomic mass is 35.5. The van der Waals surface area contributed by atoms with Gasteiger partial charge in [0.25, 0.3) is 0 Å². The van der Waals surface area contributed by atoms with Gasteiger partial charge in [0.1, 0.15) is 5.92 Å². The molecule has 8 nitrogen and oxygen atoms in total. The first-order valence-corrected chi connectivity index (χ1v) is 11.3. The normalized spacial score (nSPS) is 20.2. The number of hydrogen-bond acceptors (Lipinski definition) is 5. The minimum atomic E-state index is -3.75. The highest BCUT2D eigenvalue weighted by Gasteiger charge is 2.31. The Bertz CT molecular complexity index is 1110. The second-order valence-corrected chi connectivity index (χ2v) is 9.65. The van der Waals surface area contributed by atoms with E-state index in [1.807, 2.05) is 18.2 Å². The number of anilines is 3. The third-order valence-electron chi connectivity index (χ3n) is 5.34. The van der Waals surface area contributed by atoms with Crippen molar-refractivity contribution in [3.63, 3.8) is 0 Å². The number of rotatable bonds is 3. The van der Waals surface area contributed by atoms with Crippen LogP contribution in [0.3, 0.4) is 0 Å². The number of fused-ring (bicyclic) bond motifs is 1. The molecule has 2 N–H and O–H groups in total. The van der Waals surface area contributed by atoms with Gasteiger partial charge in [0.15, 0.2) is 0 Å². The maximum atomic E-state index is 13.2. The number of nitrogens with zero attached hydrogens (tertiary/aromatic N) is 2. The number of amides is 2. The third-order valence-corrected chi connectivity index (χ3v) is 7.47. The van der Waals surface area contributed by atoms with Crippen molar-refractivity contribution in [3.8, 4) is 0 Å². The number of carbonyl (C=O) groups is 2. The van der Waals surface area contributed by atoms with E-state index in [-0.39, 0.29) is 10.6 Å². The highest BCUT2D eigenvalue weighted by Crippen LogP contribution is 2.31. The summed E-state index contributed by atoms with van der Waals surface area (Å²) < 4.78 is 27.7. The average Bonchev–Trinajstić information content (AvgIpc) is 2.84. The minimum Gasteiger partial charge on any atom is -0.369 e. The highest BCUT2D eigenvalue weighted by molar-refractivity contribution is 7.89. The van der Waals surface area contributed by atoms with Crippen LogP contribution in [0.5, 0.6) is 0 Å². The SMILES string of the molecule is C[C@@H]1C(=O)Nc2ccc(S(=O)(=O)N3CCN(c4cccc(Cl)c4)CC3)cc2NC1=O. The number of piperazine rings is 1. The van der Waals surface area contributed by atoms with E-state index in [1.165, 1.54) is 29.4 Å². The van der Waals surface area contributed by atoms with Gasteiger partial charge in [-0.25, -0.2) is 8.42 Å². The Morgan fingerprint density at radius 2 is 1.60 bits per heavy atom. The molecule has 2 amide bonds. The molecule has 2 heterocycles. The molecule has 2 aromatic carbocycles. The Balaban J connectivity index is 1.53. The summed E-state index contributed by atoms with van der Waals surface area (Å²) in [5.74, 6) is -1.77. The van der Waals surface area contributed by atoms with Gasteiger partial charge < -0.3 is 15.5 Å². The predicted molar refractivity (Wildman–Crippen MR) is 115 cm³/mol. The van der Waals surface area contributed by atoms with Crippen LogP contribution >= 0.6 is 11.6 Å². The lowest BCUT2D eigenvalue weighted by Crippen LogP contribution is -2.48. The molecule has 0 bridgehead atoms. The van der Waals surface area contributed by atoms with Crippen LogP contribution < -0.4 is 15.5 Å². The van der Waals surface area contributed by atoms with Crippen molar-refractivity contribution in [1.29, 1.82) is 0 Å². The van der Waals surface area contributed by atoms with Crippen molar-refractivity contribution >= 4 is 50.5 Å². The Labute approximate surface area is 179 Å². The fourth-order valence-corrected chi connectivity index (χ4v) is 5.14. The molecular formula is C20H21ClN4O4S. The number of nitrogens with one attached hydrogen (secondary N) is 2. The second-order valence-electron chi connectivity index (χ2n) is 7.28. The van der Waals surface area contributed by atoms with Crippen LogP contribution in [0.2, 0.25) is 5.02 Å². The molecule has 0 spiro atoms. The van der Waals surface area contributed by atoms with Crippen LogP contribution in [0.25, 0.3) is 0 Å². The first-order valence-electron chi connectivity index (χ1n) is 9.52. The summed E-state index contributed by atoms with van der Waals surface area (Å²) in [6.07, 6.45) is 0. The van der Waals surface area contributed by atoms with E-state index < -0.39 is 27.8 Å². The zero-order valence-electron chi connectivity index (χ0n) is 16.3. The summed E-state index contributed by atoms with van der Waals surface area (Å²) in [5, 5.41) is 5.90. The molecule has 1 atom stereocenters. The fourth-order valence-electron chi connectivity index (χ4n) is 3.51. The van der Waals surface area contributed by atoms with Crippen LogP contribution in [-0.2, 0) is 19.6 Å². The standard InChI is InChI=1S/C20H21ClN4O4S/c1-13-19(26)22-17-6-5-16(12-18(17)23-20(13)27)30(28,29)25-9-7-24(8-10-25)15-4-2-3-14(21)11-15/h2-6,11-13H,7-10H2,1H3,(H,22,26)(H,23,27)/t13-/m1/s1. The number of halogens is 1. The molecule has 0 aromatic heterocycles. The summed E-state index contributed by atoms with van der Waals surface area (Å²) >= 11 is 6.05. The van der Waals surface area contributed by atoms with Gasteiger partial charge in [-0.15, -0.1) is 0 Å². The van der Waals surface area contributed by atoms with Gasteiger partial charge in [-0.1, -0.05) is 17.7 Å². The van der Waals surface area contributed by atoms with Crippen molar-refractivity contribution in [3.05, 3.63) is 47.5 Å². The lowest BCUT2D eigenvalue weighted by molar-refractivity contribution is -0.128. The van der Waals surface area contributed by atoms with Gasteiger partial charge in [-0.3, -0.25) is 9.59 Å². The van der Waals surface area contributed by atoms with E-state index >= 15 is 0 Å². The first kappa shape index (κ1) is 20.6. The molecule has 10 heteroatoms. The molecule has 0 unspecified atom stereocenters. The first-order chi connectivity index (χ1) is 14.3. The minimum absolute atomic E-state index is 0.0709. The summed E-state index contributed by atoms with van der Waals surface area (Å²) in [6, 6.07) is 11.8. The largest absolute Gasteiger partial charge is 0.369 e. The van der Waals surface area contributed by atoms with Crippen molar-refractivity contribution in [2.24, 2.45) is 5.92 Å². The lowest BCUT2D eigenvalue weighted by atomic mass is 10.1. The van der Waals surface area contributed by atoms with Gasteiger partial charge in [0, 0.05) is 36.9 Å². The van der Waals surface area contributed by atoms with E-state index in [0.29, 0.717) is 36.9 Å². The molecular weight excluding hydrogens is 428 g/mol. The molecule has 4 rings (SSSR count). The van der Waals surface area contributed by atoms with E-state index in [9.17, 15) is 18.0 Å². The number of sulfonamides is 1. The molecule has 30 heavy (non-hydrogen) atoms. The van der Waals surface area contributed by atoms with Crippen molar-refractivity contribution < 1.29 is 18.0 Å². The van der Waals surface area contributed by atoms with E-state index in [2.05, 4.69) is 15.5 Å². The molecule has 0 aliphatic carbocycles. The second kappa shape index (κ2) is 7.90. The van der Waals surface area contributed by atoms with Crippen molar-refractivity contribution in [1.82, 2.24) is 4.31 Å². The van der Waals surface area contributed by atoms with Gasteiger partial charge in [-0.05, 0) is 43.3 Å². The quantitative estimate of drug-likeness (QED) is 0.702. The van der Waals surface area contributed by atoms with E-state index in [0.717, 1.165) is 5.69 Å². The van der Waals surface area contributed by atoms with Crippen molar-refractivity contribution in [2.45, 2.75) is 11.8 Å². The Kier molecular flexibility index (Phi) is 5.44. The van der Waals surface area contributed by atoms with Crippen molar-refractivity contribution in [2.75, 3.05) is 41.7 Å². The summed E-state index contributed by atoms with van der Waals surface area (Å²) in [4.78, 5) is 26.2. The Morgan fingerprint density at radius 3 is 2.27 bits per heavy atom. The van der Waals surface area contributed by atoms with Gasteiger partial charge in [0.2, 0.25) is 21.8 Å². The monoisotopic (exact) mass is 448 g/mol. The zero-order valence-corrected chi connectivity index (χ0v) is 17.8. The predicted octanol–water partition coefficient (Wildman–Crippen LogP) is 2.38. The smallest absolute Gasteiger partial charge is 0.243 e. The topological polar surface area (TPSA) is 98.8 Å². The molecule has 158 valence electrons. The van der Waals surface area contributed by atoms with Gasteiger partial charge >= 0.3 is 0 Å². The number of hydrogen-bond donors (Lipinski definition) is 2.